The summed E-state index contributed by atoms with van der Waals surface area (Å²) in [5.74, 6) is 0.853. The highest BCUT2D eigenvalue weighted by molar-refractivity contribution is 5.74. The Labute approximate surface area is 136 Å². The smallest absolute Gasteiger partial charge is 0.298 e. The largest absolute Gasteiger partial charge is 0.494 e. The molecule has 0 aliphatic rings. The topological polar surface area (TPSA) is 38.5 Å². The molecule has 1 aromatic heterocycles. The summed E-state index contributed by atoms with van der Waals surface area (Å²) in [6.07, 6.45) is 1.97. The predicted octanol–water partition coefficient (Wildman–Crippen LogP) is 4.18. The molecule has 2 aromatic carbocycles. The molecule has 0 aliphatic carbocycles. The number of fused-ring (bicyclic) bond motifs is 1. The highest BCUT2D eigenvalue weighted by Crippen LogP contribution is 2.20. The van der Waals surface area contributed by atoms with E-state index in [4.69, 9.17) is 16.1 Å². The van der Waals surface area contributed by atoms with Crippen LogP contribution in [0.3, 0.4) is 0 Å². The molecular formula is C19H20N2O2. The minimum Gasteiger partial charge on any atom is -0.494 e. The molecule has 0 saturated carbocycles. The maximum absolute atomic E-state index is 5.74. The molecule has 0 saturated heterocycles. The summed E-state index contributed by atoms with van der Waals surface area (Å²) < 4.78 is 11.4. The lowest BCUT2D eigenvalue weighted by Crippen LogP contribution is -2.19. The maximum atomic E-state index is 5.74. The van der Waals surface area contributed by atoms with Crippen LogP contribution in [0.5, 0.6) is 5.75 Å². The molecule has 0 N–H and O–H groups in total. The number of rotatable bonds is 7. The third kappa shape index (κ3) is 4.03. The zero-order chi connectivity index (χ0) is 16.1. The number of nitrogens with zero attached hydrogens (tertiary/aromatic N) is 2. The van der Waals surface area contributed by atoms with Crippen LogP contribution in [0.2, 0.25) is 0 Å². The van der Waals surface area contributed by atoms with Crippen molar-refractivity contribution < 1.29 is 9.15 Å². The zero-order valence-electron chi connectivity index (χ0n) is 13.2. The average Bonchev–Trinajstić information content (AvgIpc) is 3.00. The molecule has 0 unspecified atom stereocenters. The highest BCUT2D eigenvalue weighted by atomic mass is 16.5. The van der Waals surface area contributed by atoms with Gasteiger partial charge in [0.25, 0.3) is 6.01 Å². The molecule has 23 heavy (non-hydrogen) atoms. The molecular weight excluding hydrogens is 288 g/mol. The Morgan fingerprint density at radius 2 is 1.87 bits per heavy atom. The van der Waals surface area contributed by atoms with Crippen LogP contribution >= 0.6 is 0 Å². The minimum atomic E-state index is 0.658. The summed E-state index contributed by atoms with van der Waals surface area (Å²) in [6, 6.07) is 15.9. The predicted molar refractivity (Wildman–Crippen MR) is 91.9 cm³/mol. The van der Waals surface area contributed by atoms with Crippen molar-refractivity contribution in [3.8, 4) is 5.75 Å². The molecule has 0 amide bonds. The van der Waals surface area contributed by atoms with E-state index in [-0.39, 0.29) is 0 Å². The fourth-order valence-corrected chi connectivity index (χ4v) is 2.32. The van der Waals surface area contributed by atoms with E-state index in [0.29, 0.717) is 12.6 Å². The van der Waals surface area contributed by atoms with E-state index in [1.54, 1.807) is 0 Å². The number of ether oxygens (including phenoxy) is 1. The number of para-hydroxylation sites is 2. The molecule has 0 spiro atoms. The average molecular weight is 308 g/mol. The number of hydrogen-bond donors (Lipinski definition) is 0. The summed E-state index contributed by atoms with van der Waals surface area (Å²) >= 11 is 0. The third-order valence-corrected chi connectivity index (χ3v) is 3.65. The first kappa shape index (κ1) is 15.4. The second-order valence-corrected chi connectivity index (χ2v) is 5.51. The number of unbranched alkanes of at least 4 members (excludes halogenated alkanes) is 1. The molecule has 0 aliphatic heterocycles. The van der Waals surface area contributed by atoms with E-state index in [1.807, 2.05) is 60.5 Å². The van der Waals surface area contributed by atoms with Gasteiger partial charge < -0.3 is 14.1 Å². The number of aromatic nitrogens is 1. The highest BCUT2D eigenvalue weighted by Gasteiger charge is 2.09. The van der Waals surface area contributed by atoms with Crippen molar-refractivity contribution >= 4 is 17.1 Å². The molecule has 3 aromatic rings. The van der Waals surface area contributed by atoms with Crippen LogP contribution in [0.1, 0.15) is 18.4 Å². The van der Waals surface area contributed by atoms with Crippen molar-refractivity contribution in [1.29, 1.82) is 0 Å². The van der Waals surface area contributed by atoms with Gasteiger partial charge >= 0.3 is 0 Å². The lowest BCUT2D eigenvalue weighted by atomic mass is 10.2. The van der Waals surface area contributed by atoms with Crippen LogP contribution in [0.25, 0.3) is 11.1 Å². The number of oxazole rings is 1. The Bertz CT molecular complexity index is 716. The van der Waals surface area contributed by atoms with Gasteiger partial charge in [-0.05, 0) is 49.6 Å². The summed E-state index contributed by atoms with van der Waals surface area (Å²) in [7, 11) is 1.99. The fourth-order valence-electron chi connectivity index (χ4n) is 2.32. The third-order valence-electron chi connectivity index (χ3n) is 3.65. The molecule has 4 nitrogen and oxygen atoms in total. The number of anilines is 1. The van der Waals surface area contributed by atoms with E-state index in [0.717, 1.165) is 41.8 Å². The van der Waals surface area contributed by atoms with Gasteiger partial charge in [0, 0.05) is 13.6 Å². The van der Waals surface area contributed by atoms with Crippen molar-refractivity contribution in [2.24, 2.45) is 0 Å². The van der Waals surface area contributed by atoms with Crippen molar-refractivity contribution in [3.05, 3.63) is 61.0 Å². The molecule has 4 heteroatoms. The van der Waals surface area contributed by atoms with Gasteiger partial charge in [0.1, 0.15) is 11.3 Å². The summed E-state index contributed by atoms with van der Waals surface area (Å²) in [6.45, 7) is 7.20. The molecule has 118 valence electrons. The molecule has 0 bridgehead atoms. The maximum Gasteiger partial charge on any atom is 0.298 e. The molecule has 3 rings (SSSR count). The molecule has 2 radical (unpaired) electrons. The van der Waals surface area contributed by atoms with E-state index in [9.17, 15) is 0 Å². The van der Waals surface area contributed by atoms with Crippen molar-refractivity contribution in [3.63, 3.8) is 0 Å². The second-order valence-electron chi connectivity index (χ2n) is 5.51. The van der Waals surface area contributed by atoms with Gasteiger partial charge in [-0.3, -0.25) is 0 Å². The Kier molecular flexibility index (Phi) is 4.81. The van der Waals surface area contributed by atoms with E-state index in [2.05, 4.69) is 4.98 Å². The van der Waals surface area contributed by atoms with Gasteiger partial charge in [-0.25, -0.2) is 0 Å². The van der Waals surface area contributed by atoms with Crippen LogP contribution in [0.15, 0.2) is 52.9 Å². The summed E-state index contributed by atoms with van der Waals surface area (Å²) in [5, 5.41) is 0. The lowest BCUT2D eigenvalue weighted by Gasteiger charge is -2.14. The standard InChI is InChI=1S/C19H20N2O2/c1-15-9-11-16(12-10-15)22-14-6-5-13-21(2)19-20-17-7-3-4-8-18(17)23-19/h1,3-4,7-12H,5-6,13-14H2,2H3. The Hall–Kier alpha value is -2.49. The molecule has 1 heterocycles. The van der Waals surface area contributed by atoms with Crippen molar-refractivity contribution in [2.75, 3.05) is 25.1 Å². The fraction of sp³-hybridized carbons (Fsp3) is 0.263. The Balaban J connectivity index is 1.42. The van der Waals surface area contributed by atoms with Gasteiger partial charge in [0.2, 0.25) is 0 Å². The first-order valence-electron chi connectivity index (χ1n) is 7.77. The van der Waals surface area contributed by atoms with Crippen LogP contribution < -0.4 is 9.64 Å². The SMILES string of the molecule is [CH]c1ccc(OCCCCN(C)c2nc3ccccc3o2)cc1. The van der Waals surface area contributed by atoms with Gasteiger partial charge in [-0.1, -0.05) is 24.3 Å². The molecule has 0 atom stereocenters. The van der Waals surface area contributed by atoms with Crippen LogP contribution in [-0.2, 0) is 0 Å². The quantitative estimate of drug-likeness (QED) is 0.614. The number of benzene rings is 2. The first-order valence-corrected chi connectivity index (χ1v) is 7.77. The van der Waals surface area contributed by atoms with E-state index < -0.39 is 0 Å². The Morgan fingerprint density at radius 3 is 2.65 bits per heavy atom. The van der Waals surface area contributed by atoms with Crippen LogP contribution in [0.4, 0.5) is 6.01 Å². The zero-order valence-corrected chi connectivity index (χ0v) is 13.2. The van der Waals surface area contributed by atoms with Crippen molar-refractivity contribution in [1.82, 2.24) is 4.98 Å². The summed E-state index contributed by atoms with van der Waals surface area (Å²) in [5.41, 5.74) is 2.46. The van der Waals surface area contributed by atoms with Crippen LogP contribution in [-0.4, -0.2) is 25.2 Å². The molecule has 0 fully saturated rings. The van der Waals surface area contributed by atoms with E-state index >= 15 is 0 Å². The second kappa shape index (κ2) is 7.18. The van der Waals surface area contributed by atoms with Gasteiger partial charge in [-0.15, -0.1) is 0 Å². The monoisotopic (exact) mass is 308 g/mol. The van der Waals surface area contributed by atoms with Gasteiger partial charge in [0.15, 0.2) is 5.58 Å². The first-order chi connectivity index (χ1) is 11.2. The summed E-state index contributed by atoms with van der Waals surface area (Å²) in [4.78, 5) is 6.51. The Morgan fingerprint density at radius 1 is 1.09 bits per heavy atom. The van der Waals surface area contributed by atoms with Crippen LogP contribution in [0, 0.1) is 6.92 Å². The normalized spacial score (nSPS) is 10.9. The minimum absolute atomic E-state index is 0.658. The van der Waals surface area contributed by atoms with Gasteiger partial charge in [0.05, 0.1) is 6.61 Å². The van der Waals surface area contributed by atoms with Crippen molar-refractivity contribution in [2.45, 2.75) is 12.8 Å². The van der Waals surface area contributed by atoms with Gasteiger partial charge in [-0.2, -0.15) is 4.98 Å². The number of hydrogen-bond acceptors (Lipinski definition) is 4. The van der Waals surface area contributed by atoms with E-state index in [1.165, 1.54) is 0 Å². The lowest BCUT2D eigenvalue weighted by molar-refractivity contribution is 0.307.